The molecule has 0 heterocycles. The first-order valence-corrected chi connectivity index (χ1v) is 9.35. The van der Waals surface area contributed by atoms with Gasteiger partial charge in [0.1, 0.15) is 0 Å². The molecule has 0 unspecified atom stereocenters. The van der Waals surface area contributed by atoms with E-state index in [2.05, 4.69) is 13.8 Å². The van der Waals surface area contributed by atoms with Gasteiger partial charge in [0.25, 0.3) is 0 Å². The van der Waals surface area contributed by atoms with Crippen molar-refractivity contribution >= 4 is 0 Å². The van der Waals surface area contributed by atoms with Gasteiger partial charge in [-0.05, 0) is 12.3 Å². The van der Waals surface area contributed by atoms with Crippen LogP contribution in [0.3, 0.4) is 0 Å². The Morgan fingerprint density at radius 3 is 1.10 bits per heavy atom. The second-order valence-corrected chi connectivity index (χ2v) is 6.84. The Morgan fingerprint density at radius 1 is 0.500 bits per heavy atom. The first-order chi connectivity index (χ1) is 9.77. The summed E-state index contributed by atoms with van der Waals surface area (Å²) in [5.74, 6) is 0.885. The largest absolute Gasteiger partial charge is 0.237 e. The third-order valence-electron chi connectivity index (χ3n) is 4.18. The van der Waals surface area contributed by atoms with Crippen LogP contribution in [-0.4, -0.2) is 6.61 Å². The van der Waals surface area contributed by atoms with Gasteiger partial charge in [-0.2, -0.15) is 0 Å². The van der Waals surface area contributed by atoms with Crippen molar-refractivity contribution in [3.8, 4) is 0 Å². The third kappa shape index (κ3) is 18.0. The summed E-state index contributed by atoms with van der Waals surface area (Å²) in [5.41, 5.74) is 0. The van der Waals surface area contributed by atoms with Crippen LogP contribution >= 0.6 is 0 Å². The molecule has 1 heteroatoms. The maximum atomic E-state index is 10.3. The fourth-order valence-electron chi connectivity index (χ4n) is 2.78. The van der Waals surface area contributed by atoms with Crippen LogP contribution in [-0.2, 0) is 5.11 Å². The van der Waals surface area contributed by atoms with E-state index >= 15 is 0 Å². The van der Waals surface area contributed by atoms with Gasteiger partial charge in [0.05, 0.1) is 6.61 Å². The Bertz CT molecular complexity index is 165. The maximum Gasteiger partial charge on any atom is 0.0822 e. The van der Waals surface area contributed by atoms with E-state index in [9.17, 15) is 5.11 Å². The maximum absolute atomic E-state index is 10.3. The van der Waals surface area contributed by atoms with E-state index in [-0.39, 0.29) is 6.61 Å². The molecule has 0 bridgehead atoms. The Morgan fingerprint density at radius 2 is 0.800 bits per heavy atom. The summed E-state index contributed by atoms with van der Waals surface area (Å²) in [6.45, 7) is 4.77. The lowest BCUT2D eigenvalue weighted by Gasteiger charge is -2.04. The third-order valence-corrected chi connectivity index (χ3v) is 4.18. The Hall–Kier alpha value is -0.0400. The van der Waals surface area contributed by atoms with E-state index in [1.807, 2.05) is 0 Å². The molecule has 0 fully saturated rings. The Balaban J connectivity index is 2.92. The summed E-state index contributed by atoms with van der Waals surface area (Å²) in [6, 6.07) is 0. The molecule has 20 heavy (non-hydrogen) atoms. The Kier molecular flexibility index (Phi) is 17.0. The highest BCUT2D eigenvalue weighted by Gasteiger charge is 1.96. The van der Waals surface area contributed by atoms with E-state index in [0.29, 0.717) is 0 Å². The van der Waals surface area contributed by atoms with Gasteiger partial charge in [-0.25, -0.2) is 5.11 Å². The summed E-state index contributed by atoms with van der Waals surface area (Å²) in [6.07, 6.45) is 20.4. The summed E-state index contributed by atoms with van der Waals surface area (Å²) in [5, 5.41) is 10.3. The van der Waals surface area contributed by atoms with E-state index in [0.717, 1.165) is 18.8 Å². The zero-order valence-electron chi connectivity index (χ0n) is 14.3. The van der Waals surface area contributed by atoms with Gasteiger partial charge in [0.15, 0.2) is 0 Å². The summed E-state index contributed by atoms with van der Waals surface area (Å²) in [7, 11) is 0. The number of hydrogen-bond acceptors (Lipinski definition) is 0. The number of hydrogen-bond donors (Lipinski definition) is 0. The van der Waals surface area contributed by atoms with Gasteiger partial charge in [-0.1, -0.05) is 104 Å². The fourth-order valence-corrected chi connectivity index (χ4v) is 2.78. The molecule has 0 amide bonds. The molecule has 0 aliphatic heterocycles. The van der Waals surface area contributed by atoms with Crippen molar-refractivity contribution in [2.75, 3.05) is 6.61 Å². The van der Waals surface area contributed by atoms with Gasteiger partial charge in [0.2, 0.25) is 0 Å². The molecule has 0 rings (SSSR count). The molecule has 0 N–H and O–H groups in total. The highest BCUT2D eigenvalue weighted by Crippen LogP contribution is 2.14. The molecule has 0 spiro atoms. The van der Waals surface area contributed by atoms with Gasteiger partial charge in [-0.15, -0.1) is 0 Å². The van der Waals surface area contributed by atoms with Crippen molar-refractivity contribution in [3.05, 3.63) is 0 Å². The molecule has 0 aromatic carbocycles. The normalized spacial score (nSPS) is 11.4. The molecule has 0 atom stereocenters. The van der Waals surface area contributed by atoms with Crippen molar-refractivity contribution in [2.24, 2.45) is 5.92 Å². The summed E-state index contributed by atoms with van der Waals surface area (Å²) in [4.78, 5) is 0. The van der Waals surface area contributed by atoms with Gasteiger partial charge in [-0.3, -0.25) is 0 Å². The predicted molar refractivity (Wildman–Crippen MR) is 89.6 cm³/mol. The zero-order valence-corrected chi connectivity index (χ0v) is 14.3. The van der Waals surface area contributed by atoms with Crippen molar-refractivity contribution < 1.29 is 5.11 Å². The highest BCUT2D eigenvalue weighted by atomic mass is 16.2. The average molecular weight is 284 g/mol. The lowest BCUT2D eigenvalue weighted by molar-refractivity contribution is 0.186. The lowest BCUT2D eigenvalue weighted by Crippen LogP contribution is -1.87. The van der Waals surface area contributed by atoms with Crippen LogP contribution in [0.1, 0.15) is 110 Å². The zero-order chi connectivity index (χ0) is 14.9. The van der Waals surface area contributed by atoms with Crippen LogP contribution in [0.25, 0.3) is 0 Å². The van der Waals surface area contributed by atoms with Crippen LogP contribution < -0.4 is 0 Å². The lowest BCUT2D eigenvalue weighted by atomic mass is 10.0. The first-order valence-electron chi connectivity index (χ1n) is 9.35. The molecule has 0 aliphatic carbocycles. The smallest absolute Gasteiger partial charge is 0.0822 e. The minimum atomic E-state index is 0.122. The van der Waals surface area contributed by atoms with Crippen LogP contribution in [0.2, 0.25) is 0 Å². The molecule has 0 saturated heterocycles. The van der Waals surface area contributed by atoms with Crippen LogP contribution in [0, 0.1) is 5.92 Å². The standard InChI is InChI=1S/C19H39O/c1-19(2)17-15-13-11-9-7-5-3-4-6-8-10-12-14-16-18-20/h19H,3-18H2,1-2H3. The molecule has 121 valence electrons. The minimum absolute atomic E-state index is 0.122. The van der Waals surface area contributed by atoms with Crippen LogP contribution in [0.5, 0.6) is 0 Å². The summed E-state index contributed by atoms with van der Waals surface area (Å²) >= 11 is 0. The first kappa shape index (κ1) is 20.0. The Labute approximate surface area is 128 Å². The minimum Gasteiger partial charge on any atom is -0.237 e. The van der Waals surface area contributed by atoms with Gasteiger partial charge >= 0.3 is 0 Å². The van der Waals surface area contributed by atoms with Gasteiger partial charge < -0.3 is 0 Å². The number of unbranched alkanes of at least 4 members (excludes halogenated alkanes) is 13. The molecule has 0 aromatic heterocycles. The second kappa shape index (κ2) is 17.0. The molecular formula is C19H39O. The van der Waals surface area contributed by atoms with Crippen LogP contribution in [0.15, 0.2) is 0 Å². The SMILES string of the molecule is CC(C)CCCCCCCCCCCCCCCC[O]. The number of rotatable bonds is 16. The van der Waals surface area contributed by atoms with Gasteiger partial charge in [0, 0.05) is 0 Å². The van der Waals surface area contributed by atoms with Crippen molar-refractivity contribution in [2.45, 2.75) is 110 Å². The summed E-state index contributed by atoms with van der Waals surface area (Å²) < 4.78 is 0. The molecule has 0 aliphatic rings. The molecular weight excluding hydrogens is 244 g/mol. The molecule has 1 radical (unpaired) electrons. The topological polar surface area (TPSA) is 19.9 Å². The predicted octanol–water partition coefficient (Wildman–Crippen LogP) is 6.92. The monoisotopic (exact) mass is 283 g/mol. The quantitative estimate of drug-likeness (QED) is 0.274. The van der Waals surface area contributed by atoms with E-state index in [1.165, 1.54) is 83.5 Å². The fraction of sp³-hybridized carbons (Fsp3) is 1.00. The molecule has 1 nitrogen and oxygen atoms in total. The van der Waals surface area contributed by atoms with Crippen molar-refractivity contribution in [3.63, 3.8) is 0 Å². The van der Waals surface area contributed by atoms with Crippen molar-refractivity contribution in [1.29, 1.82) is 0 Å². The van der Waals surface area contributed by atoms with Crippen LogP contribution in [0.4, 0.5) is 0 Å². The molecule has 0 aromatic rings. The van der Waals surface area contributed by atoms with E-state index < -0.39 is 0 Å². The second-order valence-electron chi connectivity index (χ2n) is 6.84. The van der Waals surface area contributed by atoms with E-state index in [4.69, 9.17) is 0 Å². The average Bonchev–Trinajstić information content (AvgIpc) is 2.43. The van der Waals surface area contributed by atoms with Crippen molar-refractivity contribution in [1.82, 2.24) is 0 Å². The molecule has 0 saturated carbocycles. The van der Waals surface area contributed by atoms with E-state index in [1.54, 1.807) is 0 Å². The highest BCUT2D eigenvalue weighted by molar-refractivity contribution is 4.50.